The number of amides is 4. The molecule has 0 heterocycles. The molecule has 5 atom stereocenters. The van der Waals surface area contributed by atoms with Crippen LogP contribution < -0.4 is 38.9 Å². The average molecular weight is 563 g/mol. The molecule has 4 amide bonds. The third kappa shape index (κ3) is 12.6. The Morgan fingerprint density at radius 1 is 0.875 bits per heavy atom. The molecule has 0 fully saturated rings. The van der Waals surface area contributed by atoms with Crippen molar-refractivity contribution in [2.75, 3.05) is 6.54 Å². The van der Waals surface area contributed by atoms with Crippen molar-refractivity contribution in [2.45, 2.75) is 76.5 Å². The summed E-state index contributed by atoms with van der Waals surface area (Å²) in [6, 6.07) is 4.19. The standard InChI is InChI=1S/C26H42N8O6/c1-3-15(2)21(28)24(38)32-17(11-12-20(27)35)22(36)34-19(14-16-8-5-4-6-9-16)23(37)33-18(25(39)40)10-7-13-31-26(29)30/h4-6,8-9,15,17-19,21H,3,7,10-14,28H2,1-2H3,(H2,27,35)(H,32,38)(H,33,37)(H,34,36)(H,39,40)(H4,29,30,31). The Bertz CT molecular complexity index is 1030. The fraction of sp³-hybridized carbons (Fsp3) is 0.538. The molecular weight excluding hydrogens is 520 g/mol. The average Bonchev–Trinajstić information content (AvgIpc) is 2.91. The topological polar surface area (TPSA) is 258 Å². The SMILES string of the molecule is CCC(C)C(N)C(=O)NC(CCC(N)=O)C(=O)NC(Cc1ccccc1)C(=O)NC(CCCN=C(N)N)C(=O)O. The molecule has 40 heavy (non-hydrogen) atoms. The molecule has 0 saturated heterocycles. The van der Waals surface area contributed by atoms with Crippen molar-refractivity contribution in [3.05, 3.63) is 35.9 Å². The van der Waals surface area contributed by atoms with Crippen molar-refractivity contribution in [3.8, 4) is 0 Å². The number of benzene rings is 1. The summed E-state index contributed by atoms with van der Waals surface area (Å²) in [5, 5.41) is 17.2. The number of carbonyl (C=O) groups is 5. The van der Waals surface area contributed by atoms with Gasteiger partial charge in [0.25, 0.3) is 0 Å². The highest BCUT2D eigenvalue weighted by Gasteiger charge is 2.31. The van der Waals surface area contributed by atoms with Crippen molar-refractivity contribution in [2.24, 2.45) is 33.8 Å². The van der Waals surface area contributed by atoms with E-state index < -0.39 is 53.8 Å². The summed E-state index contributed by atoms with van der Waals surface area (Å²) in [6.07, 6.45) is 0.646. The fourth-order valence-corrected chi connectivity index (χ4v) is 3.70. The molecule has 0 aromatic heterocycles. The highest BCUT2D eigenvalue weighted by atomic mass is 16.4. The quantitative estimate of drug-likeness (QED) is 0.0585. The molecule has 12 N–H and O–H groups in total. The van der Waals surface area contributed by atoms with E-state index in [-0.39, 0.29) is 50.5 Å². The smallest absolute Gasteiger partial charge is 0.326 e. The number of nitrogens with one attached hydrogen (secondary N) is 3. The molecule has 1 aromatic carbocycles. The Labute approximate surface area is 233 Å². The summed E-state index contributed by atoms with van der Waals surface area (Å²) >= 11 is 0. The van der Waals surface area contributed by atoms with Gasteiger partial charge in [-0.2, -0.15) is 0 Å². The molecule has 0 aliphatic heterocycles. The van der Waals surface area contributed by atoms with Gasteiger partial charge in [0.05, 0.1) is 6.04 Å². The van der Waals surface area contributed by atoms with Gasteiger partial charge in [0.1, 0.15) is 18.1 Å². The van der Waals surface area contributed by atoms with Gasteiger partial charge in [-0.15, -0.1) is 0 Å². The monoisotopic (exact) mass is 562 g/mol. The van der Waals surface area contributed by atoms with Gasteiger partial charge in [-0.25, -0.2) is 4.79 Å². The van der Waals surface area contributed by atoms with E-state index in [1.807, 2.05) is 6.92 Å². The van der Waals surface area contributed by atoms with E-state index in [2.05, 4.69) is 20.9 Å². The summed E-state index contributed by atoms with van der Waals surface area (Å²) in [6.45, 7) is 3.83. The molecule has 5 unspecified atom stereocenters. The van der Waals surface area contributed by atoms with Crippen molar-refractivity contribution >= 4 is 35.6 Å². The number of hydrogen-bond donors (Lipinski definition) is 8. The third-order valence-electron chi connectivity index (χ3n) is 6.35. The highest BCUT2D eigenvalue weighted by Crippen LogP contribution is 2.09. The minimum atomic E-state index is -1.27. The summed E-state index contributed by atoms with van der Waals surface area (Å²) in [5.74, 6) is -4.34. The first kappa shape index (κ1) is 33.8. The van der Waals surface area contributed by atoms with Crippen LogP contribution in [-0.2, 0) is 30.4 Å². The lowest BCUT2D eigenvalue weighted by Crippen LogP contribution is -2.58. The van der Waals surface area contributed by atoms with Crippen molar-refractivity contribution in [1.82, 2.24) is 16.0 Å². The van der Waals surface area contributed by atoms with E-state index in [1.165, 1.54) is 0 Å². The number of carboxylic acids is 1. The van der Waals surface area contributed by atoms with Crippen molar-refractivity contribution < 1.29 is 29.1 Å². The second-order valence-electron chi connectivity index (χ2n) is 9.58. The van der Waals surface area contributed by atoms with Crippen LogP contribution in [0.1, 0.15) is 51.5 Å². The molecule has 0 saturated carbocycles. The largest absolute Gasteiger partial charge is 0.480 e. The van der Waals surface area contributed by atoms with E-state index in [0.29, 0.717) is 12.0 Å². The van der Waals surface area contributed by atoms with E-state index in [9.17, 15) is 29.1 Å². The van der Waals surface area contributed by atoms with Crippen LogP contribution in [0.15, 0.2) is 35.3 Å². The predicted molar refractivity (Wildman–Crippen MR) is 149 cm³/mol. The lowest BCUT2D eigenvalue weighted by Gasteiger charge is -2.26. The summed E-state index contributed by atoms with van der Waals surface area (Å²) in [5.41, 5.74) is 22.5. The first-order valence-electron chi connectivity index (χ1n) is 13.1. The van der Waals surface area contributed by atoms with Gasteiger partial charge in [-0.1, -0.05) is 50.6 Å². The number of primary amides is 1. The molecule has 0 aliphatic rings. The number of aliphatic carboxylic acids is 1. The Morgan fingerprint density at radius 2 is 1.45 bits per heavy atom. The van der Waals surface area contributed by atoms with E-state index in [0.717, 1.165) is 0 Å². The molecule has 0 spiro atoms. The van der Waals surface area contributed by atoms with Crippen LogP contribution >= 0.6 is 0 Å². The van der Waals surface area contributed by atoms with E-state index in [1.54, 1.807) is 37.3 Å². The zero-order valence-electron chi connectivity index (χ0n) is 23.0. The first-order valence-corrected chi connectivity index (χ1v) is 13.1. The number of rotatable bonds is 18. The molecule has 14 nitrogen and oxygen atoms in total. The van der Waals surface area contributed by atoms with Gasteiger partial charge in [-0.05, 0) is 30.7 Å². The number of carbonyl (C=O) groups excluding carboxylic acids is 4. The minimum absolute atomic E-state index is 0.0294. The van der Waals surface area contributed by atoms with Crippen molar-refractivity contribution in [3.63, 3.8) is 0 Å². The first-order chi connectivity index (χ1) is 18.8. The number of nitrogens with two attached hydrogens (primary N) is 4. The molecule has 222 valence electrons. The number of carboxylic acid groups (broad SMARTS) is 1. The van der Waals surface area contributed by atoms with Gasteiger partial charge in [0.2, 0.25) is 23.6 Å². The summed E-state index contributed by atoms with van der Waals surface area (Å²) < 4.78 is 0. The molecule has 0 aliphatic carbocycles. The van der Waals surface area contributed by atoms with E-state index in [4.69, 9.17) is 22.9 Å². The highest BCUT2D eigenvalue weighted by molar-refractivity contribution is 5.94. The maximum Gasteiger partial charge on any atom is 0.326 e. The van der Waals surface area contributed by atoms with Crippen LogP contribution in [0, 0.1) is 5.92 Å². The van der Waals surface area contributed by atoms with Crippen LogP contribution in [0.4, 0.5) is 0 Å². The number of hydrogen-bond acceptors (Lipinski definition) is 7. The Hall–Kier alpha value is -4.20. The lowest BCUT2D eigenvalue weighted by molar-refractivity contribution is -0.142. The molecule has 0 radical (unpaired) electrons. The Kier molecular flexibility index (Phi) is 14.7. The van der Waals surface area contributed by atoms with Crippen LogP contribution in [0.2, 0.25) is 0 Å². The second kappa shape index (κ2) is 17.4. The maximum absolute atomic E-state index is 13.3. The van der Waals surface area contributed by atoms with Gasteiger partial charge >= 0.3 is 5.97 Å². The van der Waals surface area contributed by atoms with E-state index >= 15 is 0 Å². The number of nitrogens with zero attached hydrogens (tertiary/aromatic N) is 1. The third-order valence-corrected chi connectivity index (χ3v) is 6.35. The Morgan fingerprint density at radius 3 is 2.00 bits per heavy atom. The summed E-state index contributed by atoms with van der Waals surface area (Å²) in [7, 11) is 0. The summed E-state index contributed by atoms with van der Waals surface area (Å²) in [4.78, 5) is 66.3. The van der Waals surface area contributed by atoms with Crippen LogP contribution in [-0.4, -0.2) is 71.4 Å². The molecule has 0 bridgehead atoms. The van der Waals surface area contributed by atoms with Crippen LogP contribution in [0.5, 0.6) is 0 Å². The normalized spacial score (nSPS) is 14.5. The maximum atomic E-state index is 13.3. The number of guanidine groups is 1. The number of aliphatic imine (C=N–C) groups is 1. The minimum Gasteiger partial charge on any atom is -0.480 e. The fourth-order valence-electron chi connectivity index (χ4n) is 3.70. The van der Waals surface area contributed by atoms with Gasteiger partial charge < -0.3 is 44.0 Å². The van der Waals surface area contributed by atoms with Gasteiger partial charge in [0, 0.05) is 19.4 Å². The zero-order chi connectivity index (χ0) is 30.2. The predicted octanol–water partition coefficient (Wildman–Crippen LogP) is -1.54. The molecule has 1 rings (SSSR count). The van der Waals surface area contributed by atoms with Gasteiger partial charge in [0.15, 0.2) is 5.96 Å². The lowest BCUT2D eigenvalue weighted by atomic mass is 9.98. The molecule has 14 heteroatoms. The van der Waals surface area contributed by atoms with Crippen LogP contribution in [0.25, 0.3) is 0 Å². The molecule has 1 aromatic rings. The zero-order valence-corrected chi connectivity index (χ0v) is 23.0. The van der Waals surface area contributed by atoms with Crippen molar-refractivity contribution in [1.29, 1.82) is 0 Å². The molecular formula is C26H42N8O6. The Balaban J connectivity index is 3.13. The van der Waals surface area contributed by atoms with Crippen LogP contribution in [0.3, 0.4) is 0 Å². The second-order valence-corrected chi connectivity index (χ2v) is 9.58. The van der Waals surface area contributed by atoms with Gasteiger partial charge in [-0.3, -0.25) is 24.2 Å².